The van der Waals surface area contributed by atoms with Gasteiger partial charge in [-0.3, -0.25) is 10.0 Å². The average molecular weight is 433 g/mol. The summed E-state index contributed by atoms with van der Waals surface area (Å²) in [6.45, 7) is 8.43. The number of hydrogen-bond acceptors (Lipinski definition) is 3. The molecule has 1 unspecified atom stereocenters. The first-order valence-corrected chi connectivity index (χ1v) is 10.4. The minimum Gasteiger partial charge on any atom is -0.282 e. The van der Waals surface area contributed by atoms with Gasteiger partial charge < -0.3 is 0 Å². The van der Waals surface area contributed by atoms with Crippen LogP contribution in [-0.4, -0.2) is 32.3 Å². The summed E-state index contributed by atoms with van der Waals surface area (Å²) in [5, 5.41) is 10.8. The molecule has 29 heavy (non-hydrogen) atoms. The van der Waals surface area contributed by atoms with Crippen molar-refractivity contribution in [3.05, 3.63) is 41.6 Å². The molecular formula is C19H24F3N2O4S+. The van der Waals surface area contributed by atoms with Crippen molar-refractivity contribution in [3.63, 3.8) is 0 Å². The van der Waals surface area contributed by atoms with Crippen LogP contribution in [0.1, 0.15) is 40.2 Å². The van der Waals surface area contributed by atoms with E-state index in [-0.39, 0.29) is 16.1 Å². The number of allylic oxidation sites excluding steroid dienone is 1. The highest BCUT2D eigenvalue weighted by Crippen LogP contribution is 2.35. The fraction of sp³-hybridized carbons (Fsp3) is 0.474. The van der Waals surface area contributed by atoms with Gasteiger partial charge in [0.2, 0.25) is 10.2 Å². The Labute approximate surface area is 168 Å². The van der Waals surface area contributed by atoms with Gasteiger partial charge in [0.25, 0.3) is 5.91 Å². The monoisotopic (exact) mass is 433 g/mol. The van der Waals surface area contributed by atoms with Crippen molar-refractivity contribution in [1.82, 2.24) is 5.06 Å². The van der Waals surface area contributed by atoms with Gasteiger partial charge in [-0.25, -0.2) is 5.06 Å². The topological polar surface area (TPSA) is 90.2 Å². The fourth-order valence-electron chi connectivity index (χ4n) is 2.66. The highest BCUT2D eigenvalue weighted by Gasteiger charge is 2.44. The number of alkyl halides is 3. The van der Waals surface area contributed by atoms with E-state index in [9.17, 15) is 31.9 Å². The van der Waals surface area contributed by atoms with Crippen molar-refractivity contribution < 1.29 is 31.9 Å². The molecule has 1 atom stereocenters. The molecule has 0 aliphatic carbocycles. The summed E-state index contributed by atoms with van der Waals surface area (Å²) in [6.07, 6.45) is -3.02. The van der Waals surface area contributed by atoms with Crippen LogP contribution >= 0.6 is 0 Å². The van der Waals surface area contributed by atoms with Crippen molar-refractivity contribution in [3.8, 4) is 0 Å². The largest absolute Gasteiger partial charge is 0.416 e. The number of amides is 1. The van der Waals surface area contributed by atoms with Crippen LogP contribution in [0.15, 0.2) is 45.9 Å². The number of hydroxylamine groups is 2. The number of carbonyl (C=O) groups is 1. The normalized spacial score (nSPS) is 18.9. The average Bonchev–Trinajstić information content (AvgIpc) is 2.54. The summed E-state index contributed by atoms with van der Waals surface area (Å²) in [5.74, 6) is -1.25. The molecule has 1 heterocycles. The molecule has 1 amide bonds. The molecule has 0 saturated carbocycles. The smallest absolute Gasteiger partial charge is 0.282 e. The Morgan fingerprint density at radius 2 is 1.62 bits per heavy atom. The van der Waals surface area contributed by atoms with Gasteiger partial charge in [0.1, 0.15) is 0 Å². The van der Waals surface area contributed by atoms with E-state index in [1.807, 2.05) is 20.8 Å². The van der Waals surface area contributed by atoms with E-state index in [0.717, 1.165) is 29.3 Å². The Morgan fingerprint density at radius 1 is 1.10 bits per heavy atom. The lowest BCUT2D eigenvalue weighted by molar-refractivity contribution is -0.137. The van der Waals surface area contributed by atoms with Gasteiger partial charge in [-0.2, -0.15) is 22.7 Å². The number of hydrogen-bond donors (Lipinski definition) is 2. The molecule has 0 saturated heterocycles. The highest BCUT2D eigenvalue weighted by molar-refractivity contribution is 7.97. The minimum atomic E-state index is -4.56. The van der Waals surface area contributed by atoms with Gasteiger partial charge in [-0.15, -0.1) is 0 Å². The van der Waals surface area contributed by atoms with Crippen molar-refractivity contribution >= 4 is 22.0 Å². The van der Waals surface area contributed by atoms with Gasteiger partial charge >= 0.3 is 6.18 Å². The van der Waals surface area contributed by atoms with Crippen LogP contribution in [0, 0.1) is 10.8 Å². The van der Waals surface area contributed by atoms with E-state index < -0.39 is 39.0 Å². The third-order valence-electron chi connectivity index (χ3n) is 4.38. The van der Waals surface area contributed by atoms with Crippen molar-refractivity contribution in [1.29, 1.82) is 0 Å². The first-order valence-electron chi connectivity index (χ1n) is 8.71. The Balaban J connectivity index is 2.19. The van der Waals surface area contributed by atoms with Crippen molar-refractivity contribution in [2.75, 3.05) is 5.75 Å². The van der Waals surface area contributed by atoms with E-state index in [4.69, 9.17) is 0 Å². The molecule has 6 nitrogen and oxygen atoms in total. The number of carbonyl (C=O) groups excluding carboxylic acids is 1. The van der Waals surface area contributed by atoms with Crippen molar-refractivity contribution in [2.24, 2.45) is 15.8 Å². The quantitative estimate of drug-likeness (QED) is 0.676. The molecule has 1 aromatic rings. The Bertz CT molecular complexity index is 913. The van der Waals surface area contributed by atoms with Gasteiger partial charge in [-0.1, -0.05) is 25.0 Å². The van der Waals surface area contributed by atoms with E-state index in [2.05, 4.69) is 4.99 Å². The van der Waals surface area contributed by atoms with Gasteiger partial charge in [0.15, 0.2) is 16.5 Å². The maximum atomic E-state index is 12.7. The number of nitrogens with zero attached hydrogens (tertiary/aromatic N) is 2. The third kappa shape index (κ3) is 5.12. The lowest BCUT2D eigenvalue weighted by atomic mass is 9.88. The van der Waals surface area contributed by atoms with E-state index in [1.54, 1.807) is 6.08 Å². The van der Waals surface area contributed by atoms with E-state index in [0.29, 0.717) is 5.70 Å². The fourth-order valence-corrected chi connectivity index (χ4v) is 4.49. The number of benzene rings is 1. The predicted molar refractivity (Wildman–Crippen MR) is 103 cm³/mol. The summed E-state index contributed by atoms with van der Waals surface area (Å²) in [5.41, 5.74) is -2.12. The molecule has 2 rings (SSSR count). The number of rotatable bonds is 4. The molecule has 0 radical (unpaired) electrons. The van der Waals surface area contributed by atoms with Crippen LogP contribution in [0.5, 0.6) is 0 Å². The maximum absolute atomic E-state index is 12.7. The number of aliphatic imine (C=N–C) groups is 1. The molecule has 0 bridgehead atoms. The van der Waals surface area contributed by atoms with Gasteiger partial charge in [-0.05, 0) is 38.1 Å². The summed E-state index contributed by atoms with van der Waals surface area (Å²) in [4.78, 5) is 16.1. The van der Waals surface area contributed by atoms with E-state index >= 15 is 0 Å². The van der Waals surface area contributed by atoms with Crippen LogP contribution in [0.2, 0.25) is 0 Å². The number of halogens is 3. The van der Waals surface area contributed by atoms with Gasteiger partial charge in [0.05, 0.1) is 16.7 Å². The van der Waals surface area contributed by atoms with Crippen LogP contribution in [0.3, 0.4) is 0 Å². The third-order valence-corrected chi connectivity index (χ3v) is 6.50. The Hall–Kier alpha value is -2.04. The first kappa shape index (κ1) is 23.2. The summed E-state index contributed by atoms with van der Waals surface area (Å²) in [6, 6.07) is 3.29. The molecule has 0 aromatic heterocycles. The first-order chi connectivity index (χ1) is 12.9. The zero-order valence-corrected chi connectivity index (χ0v) is 17.6. The second-order valence-corrected chi connectivity index (χ2v) is 10.6. The van der Waals surface area contributed by atoms with Crippen LogP contribution in [-0.2, 0) is 25.4 Å². The van der Waals surface area contributed by atoms with Crippen LogP contribution in [0.4, 0.5) is 13.2 Å². The molecule has 0 spiro atoms. The van der Waals surface area contributed by atoms with Gasteiger partial charge in [0, 0.05) is 11.5 Å². The predicted octanol–water partition coefficient (Wildman–Crippen LogP) is 4.62. The molecule has 160 valence electrons. The van der Waals surface area contributed by atoms with Crippen molar-refractivity contribution in [2.45, 2.75) is 45.7 Å². The maximum Gasteiger partial charge on any atom is 0.416 e. The molecule has 10 heteroatoms. The molecule has 1 aromatic carbocycles. The molecule has 1 aliphatic heterocycles. The molecular weight excluding hydrogens is 409 g/mol. The second-order valence-electron chi connectivity index (χ2n) is 8.56. The molecule has 1 aliphatic rings. The lowest BCUT2D eigenvalue weighted by Crippen LogP contribution is -2.42. The minimum absolute atomic E-state index is 0.0203. The summed E-state index contributed by atoms with van der Waals surface area (Å²) < 4.78 is 61.0. The van der Waals surface area contributed by atoms with Crippen LogP contribution < -0.4 is 0 Å². The number of amidine groups is 1. The standard InChI is InChI=1S/C19H23F3N2O4S/c1-17(2,3)14-10-15(24(14)26)23-16(25)18(4,5)11-29(27,28)13-8-6-12(7-9-13)19(20,21)22/h6-10,26H,11H2,1-5H3/p+1. The Kier molecular flexibility index (Phi) is 5.88. The molecule has 2 N–H and O–H groups in total. The Morgan fingerprint density at radius 3 is 2.03 bits per heavy atom. The lowest BCUT2D eigenvalue weighted by Gasteiger charge is -2.36. The van der Waals surface area contributed by atoms with Crippen LogP contribution in [0.25, 0.3) is 0 Å². The summed E-state index contributed by atoms with van der Waals surface area (Å²) >= 11 is 0. The zero-order chi connectivity index (χ0) is 22.4. The summed E-state index contributed by atoms with van der Waals surface area (Å²) in [7, 11) is -3.80. The highest BCUT2D eigenvalue weighted by atomic mass is 32.3. The zero-order valence-electron chi connectivity index (χ0n) is 16.7. The van der Waals surface area contributed by atoms with E-state index in [1.165, 1.54) is 13.8 Å². The molecule has 0 fully saturated rings. The second kappa shape index (κ2) is 7.33. The SMILES string of the molecule is CC(C)(C)C1=CC(=NC(=O)C(C)(C)C[S+](=O)(O)c2ccc(C(F)(F)F)cc2)N1O.